The Morgan fingerprint density at radius 2 is 0.714 bits per heavy atom. The molecule has 0 fully saturated rings. The number of fused-ring (bicyclic) bond motifs is 3. The summed E-state index contributed by atoms with van der Waals surface area (Å²) in [5, 5.41) is 2.20. The summed E-state index contributed by atoms with van der Waals surface area (Å²) in [5.41, 5.74) is 9.06. The van der Waals surface area contributed by atoms with E-state index in [0.717, 1.165) is 60.9 Å². The van der Waals surface area contributed by atoms with Crippen molar-refractivity contribution in [3.05, 3.63) is 170 Å². The third-order valence-corrected chi connectivity index (χ3v) is 8.76. The summed E-state index contributed by atoms with van der Waals surface area (Å²) >= 11 is 0. The van der Waals surface area contributed by atoms with Crippen LogP contribution in [-0.2, 0) is 0 Å². The third kappa shape index (κ3) is 5.31. The first kappa shape index (κ1) is 28.4. The van der Waals surface area contributed by atoms with E-state index in [9.17, 15) is 0 Å². The summed E-state index contributed by atoms with van der Waals surface area (Å²) in [7, 11) is 0. The van der Waals surface area contributed by atoms with Crippen LogP contribution >= 0.6 is 0 Å². The molecule has 0 unspecified atom stereocenters. The Balaban J connectivity index is 1.25. The standard InChI is InChI=1S/C43H28N6/c1-5-13-29(14-6-1)33-21-23-38-36(25-33)37-26-34(22-24-39(37)49(38)35-27-44-40(45-28-35)30-15-7-2-8-16-30)43-47-41(31-17-9-3-10-18-31)46-42(48-43)32-19-11-4-12-20-32/h1-28H. The highest BCUT2D eigenvalue weighted by Crippen LogP contribution is 2.37. The Kier molecular flexibility index (Phi) is 7.02. The minimum atomic E-state index is 0.616. The molecule has 6 nitrogen and oxygen atoms in total. The highest BCUT2D eigenvalue weighted by atomic mass is 15.0. The summed E-state index contributed by atoms with van der Waals surface area (Å²) in [5.74, 6) is 2.57. The second kappa shape index (κ2) is 12.1. The molecule has 9 aromatic rings. The van der Waals surface area contributed by atoms with Gasteiger partial charge in [0.2, 0.25) is 0 Å². The first-order chi connectivity index (χ1) is 24.3. The van der Waals surface area contributed by atoms with Gasteiger partial charge in [0.1, 0.15) is 0 Å². The minimum Gasteiger partial charge on any atom is -0.306 e. The first-order valence-electron chi connectivity index (χ1n) is 16.2. The van der Waals surface area contributed by atoms with Crippen LogP contribution in [0.4, 0.5) is 0 Å². The molecule has 0 saturated carbocycles. The summed E-state index contributed by atoms with van der Waals surface area (Å²) in [6.07, 6.45) is 3.80. The zero-order chi connectivity index (χ0) is 32.6. The van der Waals surface area contributed by atoms with Crippen molar-refractivity contribution in [1.82, 2.24) is 29.5 Å². The van der Waals surface area contributed by atoms with E-state index in [1.807, 2.05) is 109 Å². The van der Waals surface area contributed by atoms with Gasteiger partial charge in [-0.15, -0.1) is 0 Å². The quantitative estimate of drug-likeness (QED) is 0.183. The van der Waals surface area contributed by atoms with E-state index in [1.165, 1.54) is 0 Å². The molecule has 0 spiro atoms. The monoisotopic (exact) mass is 628 g/mol. The fraction of sp³-hybridized carbons (Fsp3) is 0. The van der Waals surface area contributed by atoms with Crippen molar-refractivity contribution in [3.8, 4) is 62.4 Å². The highest BCUT2D eigenvalue weighted by molar-refractivity contribution is 6.11. The van der Waals surface area contributed by atoms with Gasteiger partial charge in [-0.05, 0) is 41.5 Å². The summed E-state index contributed by atoms with van der Waals surface area (Å²) < 4.78 is 2.23. The van der Waals surface area contributed by atoms with Crippen molar-refractivity contribution in [2.45, 2.75) is 0 Å². The average Bonchev–Trinajstić information content (AvgIpc) is 3.52. The molecule has 0 bridgehead atoms. The molecule has 6 heteroatoms. The summed E-state index contributed by atoms with van der Waals surface area (Å²) in [6.45, 7) is 0. The first-order valence-corrected chi connectivity index (χ1v) is 16.2. The molecule has 9 rings (SSSR count). The number of hydrogen-bond donors (Lipinski definition) is 0. The average molecular weight is 629 g/mol. The SMILES string of the molecule is c1ccc(-c2ccc3c(c2)c2cc(-c4nc(-c5ccccc5)nc(-c5ccccc5)n4)ccc2n3-c2cnc(-c3ccccc3)nc2)cc1. The van der Waals surface area contributed by atoms with Gasteiger partial charge in [0.25, 0.3) is 0 Å². The zero-order valence-electron chi connectivity index (χ0n) is 26.3. The van der Waals surface area contributed by atoms with Gasteiger partial charge in [-0.1, -0.05) is 127 Å². The third-order valence-electron chi connectivity index (χ3n) is 8.76. The summed E-state index contributed by atoms with van der Waals surface area (Å²) in [4.78, 5) is 24.4. The van der Waals surface area contributed by atoms with Gasteiger partial charge in [0.15, 0.2) is 23.3 Å². The number of benzene rings is 6. The van der Waals surface area contributed by atoms with Gasteiger partial charge in [-0.2, -0.15) is 0 Å². The predicted octanol–water partition coefficient (Wildman–Crippen LogP) is 10.1. The van der Waals surface area contributed by atoms with Gasteiger partial charge in [-0.25, -0.2) is 24.9 Å². The number of rotatable bonds is 6. The molecule has 0 N–H and O–H groups in total. The number of hydrogen-bond acceptors (Lipinski definition) is 5. The van der Waals surface area contributed by atoms with Crippen LogP contribution in [0.15, 0.2) is 170 Å². The van der Waals surface area contributed by atoms with E-state index in [2.05, 4.69) is 65.2 Å². The van der Waals surface area contributed by atoms with E-state index in [-0.39, 0.29) is 0 Å². The Hall–Kier alpha value is -6.79. The Bertz CT molecular complexity index is 2510. The van der Waals surface area contributed by atoms with Crippen LogP contribution in [0.5, 0.6) is 0 Å². The second-order valence-corrected chi connectivity index (χ2v) is 11.8. The molecule has 3 aromatic heterocycles. The van der Waals surface area contributed by atoms with Crippen LogP contribution in [0.25, 0.3) is 84.2 Å². The van der Waals surface area contributed by atoms with Gasteiger partial charge >= 0.3 is 0 Å². The molecule has 3 heterocycles. The number of nitrogens with zero attached hydrogens (tertiary/aromatic N) is 6. The number of aromatic nitrogens is 6. The molecule has 49 heavy (non-hydrogen) atoms. The molecule has 0 radical (unpaired) electrons. The second-order valence-electron chi connectivity index (χ2n) is 11.8. The largest absolute Gasteiger partial charge is 0.306 e. The Morgan fingerprint density at radius 3 is 1.20 bits per heavy atom. The Labute approximate surface area is 283 Å². The van der Waals surface area contributed by atoms with Crippen LogP contribution in [0.1, 0.15) is 0 Å². The summed E-state index contributed by atoms with van der Waals surface area (Å²) in [6, 6.07) is 53.7. The lowest BCUT2D eigenvalue weighted by Crippen LogP contribution is -2.00. The molecule has 0 aliphatic rings. The van der Waals surface area contributed by atoms with E-state index in [0.29, 0.717) is 23.3 Å². The van der Waals surface area contributed by atoms with Crippen molar-refractivity contribution in [2.24, 2.45) is 0 Å². The minimum absolute atomic E-state index is 0.616. The maximum Gasteiger partial charge on any atom is 0.164 e. The molecule has 0 aliphatic heterocycles. The van der Waals surface area contributed by atoms with E-state index in [4.69, 9.17) is 24.9 Å². The van der Waals surface area contributed by atoms with E-state index < -0.39 is 0 Å². The van der Waals surface area contributed by atoms with Crippen LogP contribution in [0, 0.1) is 0 Å². The predicted molar refractivity (Wildman–Crippen MR) is 197 cm³/mol. The van der Waals surface area contributed by atoms with Crippen LogP contribution in [-0.4, -0.2) is 29.5 Å². The maximum absolute atomic E-state index is 5.01. The van der Waals surface area contributed by atoms with Crippen molar-refractivity contribution in [2.75, 3.05) is 0 Å². The molecular weight excluding hydrogens is 601 g/mol. The zero-order valence-corrected chi connectivity index (χ0v) is 26.3. The van der Waals surface area contributed by atoms with Crippen molar-refractivity contribution < 1.29 is 0 Å². The van der Waals surface area contributed by atoms with Gasteiger partial charge in [0.05, 0.1) is 29.1 Å². The van der Waals surface area contributed by atoms with Crippen LogP contribution in [0.2, 0.25) is 0 Å². The van der Waals surface area contributed by atoms with Gasteiger partial charge < -0.3 is 4.57 Å². The lowest BCUT2D eigenvalue weighted by Gasteiger charge is -2.10. The van der Waals surface area contributed by atoms with Crippen LogP contribution in [0.3, 0.4) is 0 Å². The van der Waals surface area contributed by atoms with Crippen molar-refractivity contribution >= 4 is 21.8 Å². The van der Waals surface area contributed by atoms with Crippen molar-refractivity contribution in [3.63, 3.8) is 0 Å². The fourth-order valence-corrected chi connectivity index (χ4v) is 6.36. The highest BCUT2D eigenvalue weighted by Gasteiger charge is 2.18. The molecule has 230 valence electrons. The fourth-order valence-electron chi connectivity index (χ4n) is 6.36. The normalized spacial score (nSPS) is 11.3. The molecular formula is C43H28N6. The van der Waals surface area contributed by atoms with Gasteiger partial charge in [-0.3, -0.25) is 0 Å². The molecule has 0 atom stereocenters. The molecule has 6 aromatic carbocycles. The molecule has 0 saturated heterocycles. The Morgan fingerprint density at radius 1 is 0.327 bits per heavy atom. The van der Waals surface area contributed by atoms with Crippen molar-refractivity contribution in [1.29, 1.82) is 0 Å². The van der Waals surface area contributed by atoms with E-state index >= 15 is 0 Å². The lowest BCUT2D eigenvalue weighted by molar-refractivity contribution is 1.07. The lowest BCUT2D eigenvalue weighted by atomic mass is 10.0. The topological polar surface area (TPSA) is 69.4 Å². The van der Waals surface area contributed by atoms with Gasteiger partial charge in [0, 0.05) is 33.0 Å². The van der Waals surface area contributed by atoms with E-state index in [1.54, 1.807) is 0 Å². The molecule has 0 aliphatic carbocycles. The molecule has 0 amide bonds. The maximum atomic E-state index is 5.01. The van der Waals surface area contributed by atoms with Crippen LogP contribution < -0.4 is 0 Å². The smallest absolute Gasteiger partial charge is 0.164 e.